The number of hydrogen-bond donors (Lipinski definition) is 1. The van der Waals surface area contributed by atoms with Crippen LogP contribution in [0.25, 0.3) is 0 Å². The Morgan fingerprint density at radius 3 is 3.06 bits per heavy atom. The number of hydrogen-bond acceptors (Lipinski definition) is 3. The highest BCUT2D eigenvalue weighted by molar-refractivity contribution is 5.17. The Morgan fingerprint density at radius 2 is 2.35 bits per heavy atom. The van der Waals surface area contributed by atoms with Gasteiger partial charge in [-0.1, -0.05) is 6.92 Å². The minimum Gasteiger partial charge on any atom is -0.318 e. The highest BCUT2D eigenvalue weighted by Crippen LogP contribution is 2.20. The molecule has 0 aromatic carbocycles. The van der Waals surface area contributed by atoms with Crippen molar-refractivity contribution < 1.29 is 0 Å². The Hall–Kier alpha value is -0.870. The fourth-order valence-electron chi connectivity index (χ4n) is 2.80. The van der Waals surface area contributed by atoms with Gasteiger partial charge in [0, 0.05) is 37.9 Å². The van der Waals surface area contributed by atoms with Crippen molar-refractivity contribution in [1.82, 2.24) is 20.0 Å². The second-order valence-corrected chi connectivity index (χ2v) is 4.95. The van der Waals surface area contributed by atoms with Crippen LogP contribution in [-0.2, 0) is 20.0 Å². The van der Waals surface area contributed by atoms with Gasteiger partial charge in [0.25, 0.3) is 0 Å². The first kappa shape index (κ1) is 12.6. The molecule has 4 nitrogen and oxygen atoms in total. The quantitative estimate of drug-likeness (QED) is 0.833. The second kappa shape index (κ2) is 5.65. The molecule has 0 bridgehead atoms. The van der Waals surface area contributed by atoms with Gasteiger partial charge in [-0.2, -0.15) is 5.10 Å². The Morgan fingerprint density at radius 1 is 1.53 bits per heavy atom. The minimum absolute atomic E-state index is 0.699. The monoisotopic (exact) mass is 236 g/mol. The van der Waals surface area contributed by atoms with Gasteiger partial charge in [0.1, 0.15) is 0 Å². The van der Waals surface area contributed by atoms with E-state index < -0.39 is 0 Å². The van der Waals surface area contributed by atoms with E-state index in [-0.39, 0.29) is 0 Å². The summed E-state index contributed by atoms with van der Waals surface area (Å²) >= 11 is 0. The number of likely N-dealkylation sites (tertiary alicyclic amines) is 1. The van der Waals surface area contributed by atoms with Gasteiger partial charge in [0.2, 0.25) is 0 Å². The number of aromatic nitrogens is 2. The number of rotatable bonds is 5. The Kier molecular flexibility index (Phi) is 4.18. The number of likely N-dealkylation sites (N-methyl/N-ethyl adjacent to an activating group) is 1. The minimum atomic E-state index is 0.699. The van der Waals surface area contributed by atoms with Crippen LogP contribution in [0.3, 0.4) is 0 Å². The van der Waals surface area contributed by atoms with Gasteiger partial charge in [-0.05, 0) is 32.9 Å². The predicted octanol–water partition coefficient (Wildman–Crippen LogP) is 1.17. The molecule has 0 aliphatic carbocycles. The SMILES string of the molecule is CCc1nn(C)cc1CN1CCCC1CNC. The maximum atomic E-state index is 4.52. The number of nitrogens with zero attached hydrogens (tertiary/aromatic N) is 3. The molecule has 1 saturated heterocycles. The maximum Gasteiger partial charge on any atom is 0.0666 e. The van der Waals surface area contributed by atoms with Crippen LogP contribution >= 0.6 is 0 Å². The third-order valence-corrected chi connectivity index (χ3v) is 3.64. The zero-order valence-corrected chi connectivity index (χ0v) is 11.2. The Labute approximate surface area is 104 Å². The Bertz CT molecular complexity index is 358. The first-order chi connectivity index (χ1) is 8.24. The van der Waals surface area contributed by atoms with Crippen molar-refractivity contribution in [2.45, 2.75) is 38.8 Å². The van der Waals surface area contributed by atoms with Gasteiger partial charge in [-0.3, -0.25) is 9.58 Å². The molecule has 1 aromatic rings. The second-order valence-electron chi connectivity index (χ2n) is 4.95. The van der Waals surface area contributed by atoms with Crippen molar-refractivity contribution in [3.05, 3.63) is 17.5 Å². The fourth-order valence-corrected chi connectivity index (χ4v) is 2.80. The summed E-state index contributed by atoms with van der Waals surface area (Å²) in [6.07, 6.45) is 5.85. The molecule has 2 rings (SSSR count). The summed E-state index contributed by atoms with van der Waals surface area (Å²) in [5, 5.41) is 7.81. The van der Waals surface area contributed by atoms with Gasteiger partial charge in [0.05, 0.1) is 5.69 Å². The largest absolute Gasteiger partial charge is 0.318 e. The lowest BCUT2D eigenvalue weighted by molar-refractivity contribution is 0.241. The van der Waals surface area contributed by atoms with E-state index in [0.717, 1.165) is 19.5 Å². The molecule has 2 heterocycles. The van der Waals surface area contributed by atoms with Gasteiger partial charge in [-0.25, -0.2) is 0 Å². The fraction of sp³-hybridized carbons (Fsp3) is 0.769. The molecule has 1 unspecified atom stereocenters. The van der Waals surface area contributed by atoms with Crippen LogP contribution in [0.4, 0.5) is 0 Å². The van der Waals surface area contributed by atoms with Crippen LogP contribution < -0.4 is 5.32 Å². The third-order valence-electron chi connectivity index (χ3n) is 3.64. The number of aryl methyl sites for hydroxylation is 2. The normalized spacial score (nSPS) is 21.2. The van der Waals surface area contributed by atoms with Crippen molar-refractivity contribution in [3.8, 4) is 0 Å². The van der Waals surface area contributed by atoms with E-state index in [1.165, 1.54) is 30.6 Å². The molecule has 0 amide bonds. The van der Waals surface area contributed by atoms with Crippen LogP contribution in [0.1, 0.15) is 31.0 Å². The molecule has 1 N–H and O–H groups in total. The van der Waals surface area contributed by atoms with Crippen molar-refractivity contribution in [3.63, 3.8) is 0 Å². The zero-order valence-electron chi connectivity index (χ0n) is 11.2. The van der Waals surface area contributed by atoms with E-state index in [0.29, 0.717) is 6.04 Å². The van der Waals surface area contributed by atoms with E-state index in [1.807, 2.05) is 18.8 Å². The molecule has 1 aliphatic heterocycles. The van der Waals surface area contributed by atoms with Crippen LogP contribution in [0, 0.1) is 0 Å². The van der Waals surface area contributed by atoms with Crippen molar-refractivity contribution in [1.29, 1.82) is 0 Å². The zero-order chi connectivity index (χ0) is 12.3. The maximum absolute atomic E-state index is 4.52. The highest BCUT2D eigenvalue weighted by Gasteiger charge is 2.24. The molecule has 0 saturated carbocycles. The first-order valence-corrected chi connectivity index (χ1v) is 6.64. The average Bonchev–Trinajstić information content (AvgIpc) is 2.87. The van der Waals surface area contributed by atoms with E-state index in [4.69, 9.17) is 0 Å². The summed E-state index contributed by atoms with van der Waals surface area (Å²) in [5.41, 5.74) is 2.65. The summed E-state index contributed by atoms with van der Waals surface area (Å²) in [6.45, 7) is 5.57. The molecule has 1 aliphatic rings. The van der Waals surface area contributed by atoms with Crippen LogP contribution in [-0.4, -0.2) is 40.9 Å². The van der Waals surface area contributed by atoms with Crippen molar-refractivity contribution in [2.24, 2.45) is 7.05 Å². The lowest BCUT2D eigenvalue weighted by atomic mass is 10.1. The summed E-state index contributed by atoms with van der Waals surface area (Å²) in [5.74, 6) is 0. The number of nitrogens with one attached hydrogen (secondary N) is 1. The summed E-state index contributed by atoms with van der Waals surface area (Å²) in [4.78, 5) is 2.59. The summed E-state index contributed by atoms with van der Waals surface area (Å²) < 4.78 is 1.94. The van der Waals surface area contributed by atoms with E-state index in [1.54, 1.807) is 0 Å². The van der Waals surface area contributed by atoms with Crippen molar-refractivity contribution >= 4 is 0 Å². The van der Waals surface area contributed by atoms with Crippen molar-refractivity contribution in [2.75, 3.05) is 20.1 Å². The summed E-state index contributed by atoms with van der Waals surface area (Å²) in [6, 6.07) is 0.699. The molecule has 1 fully saturated rings. The predicted molar refractivity (Wildman–Crippen MR) is 69.9 cm³/mol. The van der Waals surface area contributed by atoms with Gasteiger partial charge >= 0.3 is 0 Å². The van der Waals surface area contributed by atoms with E-state index in [9.17, 15) is 0 Å². The van der Waals surface area contributed by atoms with Crippen LogP contribution in [0.2, 0.25) is 0 Å². The lowest BCUT2D eigenvalue weighted by Crippen LogP contribution is -2.36. The molecule has 1 atom stereocenters. The smallest absolute Gasteiger partial charge is 0.0666 e. The molecular weight excluding hydrogens is 212 g/mol. The molecule has 96 valence electrons. The van der Waals surface area contributed by atoms with Gasteiger partial charge < -0.3 is 5.32 Å². The first-order valence-electron chi connectivity index (χ1n) is 6.64. The molecule has 0 radical (unpaired) electrons. The van der Waals surface area contributed by atoms with Crippen LogP contribution in [0.5, 0.6) is 0 Å². The topological polar surface area (TPSA) is 33.1 Å². The molecular formula is C13H24N4. The molecule has 17 heavy (non-hydrogen) atoms. The lowest BCUT2D eigenvalue weighted by Gasteiger charge is -2.24. The third kappa shape index (κ3) is 2.87. The average molecular weight is 236 g/mol. The van der Waals surface area contributed by atoms with Crippen LogP contribution in [0.15, 0.2) is 6.20 Å². The van der Waals surface area contributed by atoms with Gasteiger partial charge in [-0.15, -0.1) is 0 Å². The molecule has 1 aromatic heterocycles. The Balaban J connectivity index is 2.03. The highest BCUT2D eigenvalue weighted by atomic mass is 15.3. The molecule has 0 spiro atoms. The van der Waals surface area contributed by atoms with E-state index in [2.05, 4.69) is 28.4 Å². The van der Waals surface area contributed by atoms with E-state index >= 15 is 0 Å². The molecule has 4 heteroatoms. The summed E-state index contributed by atoms with van der Waals surface area (Å²) in [7, 11) is 4.05. The van der Waals surface area contributed by atoms with Gasteiger partial charge in [0.15, 0.2) is 0 Å². The standard InChI is InChI=1S/C13H24N4/c1-4-13-11(9-16(3)15-13)10-17-7-5-6-12(17)8-14-2/h9,12,14H,4-8,10H2,1-3H3.